The average molecular weight is 265 g/mol. The van der Waals surface area contributed by atoms with E-state index < -0.39 is 0 Å². The SMILES string of the molecule is [B]c1cnn2c(NCC#C)cc(C3CCNCC3)nc12. The van der Waals surface area contributed by atoms with Crippen LogP contribution >= 0.6 is 0 Å². The number of nitrogens with zero attached hydrogens (tertiary/aromatic N) is 3. The van der Waals surface area contributed by atoms with Crippen LogP contribution in [0, 0.1) is 12.3 Å². The van der Waals surface area contributed by atoms with Gasteiger partial charge in [-0.3, -0.25) is 0 Å². The molecule has 1 saturated heterocycles. The first kappa shape index (κ1) is 13.0. The Morgan fingerprint density at radius 2 is 2.30 bits per heavy atom. The molecule has 1 aliphatic heterocycles. The van der Waals surface area contributed by atoms with Crippen molar-refractivity contribution in [1.29, 1.82) is 0 Å². The molecule has 2 N–H and O–H groups in total. The minimum Gasteiger partial charge on any atom is -0.359 e. The summed E-state index contributed by atoms with van der Waals surface area (Å²) in [7, 11) is 5.95. The first-order valence-electron chi connectivity index (χ1n) is 6.82. The number of aromatic nitrogens is 3. The van der Waals surface area contributed by atoms with Crippen LogP contribution in [0.15, 0.2) is 12.3 Å². The average Bonchev–Trinajstić information content (AvgIpc) is 2.87. The van der Waals surface area contributed by atoms with Crippen LogP contribution in [-0.2, 0) is 0 Å². The Labute approximate surface area is 119 Å². The lowest BCUT2D eigenvalue weighted by atomic mass is 9.94. The van der Waals surface area contributed by atoms with E-state index in [0.717, 1.165) is 37.4 Å². The van der Waals surface area contributed by atoms with Crippen molar-refractivity contribution in [2.24, 2.45) is 0 Å². The van der Waals surface area contributed by atoms with Gasteiger partial charge in [0.15, 0.2) is 0 Å². The van der Waals surface area contributed by atoms with Crippen molar-refractivity contribution in [3.05, 3.63) is 18.0 Å². The number of terminal acetylenes is 1. The van der Waals surface area contributed by atoms with Crippen LogP contribution in [0.4, 0.5) is 5.82 Å². The second-order valence-electron chi connectivity index (χ2n) is 4.98. The molecule has 20 heavy (non-hydrogen) atoms. The fourth-order valence-electron chi connectivity index (χ4n) is 2.59. The van der Waals surface area contributed by atoms with Crippen LogP contribution in [0.5, 0.6) is 0 Å². The molecule has 100 valence electrons. The molecule has 6 heteroatoms. The van der Waals surface area contributed by atoms with Gasteiger partial charge in [-0.15, -0.1) is 6.42 Å². The van der Waals surface area contributed by atoms with E-state index in [-0.39, 0.29) is 0 Å². The third kappa shape index (κ3) is 2.37. The molecular formula is C14H16BN5. The highest BCUT2D eigenvalue weighted by atomic mass is 15.3. The molecule has 0 atom stereocenters. The molecule has 0 aliphatic carbocycles. The van der Waals surface area contributed by atoms with Crippen molar-refractivity contribution in [2.45, 2.75) is 18.8 Å². The van der Waals surface area contributed by atoms with Crippen molar-refractivity contribution >= 4 is 24.8 Å². The Kier molecular flexibility index (Phi) is 3.61. The fourth-order valence-corrected chi connectivity index (χ4v) is 2.59. The topological polar surface area (TPSA) is 54.2 Å². The first-order valence-corrected chi connectivity index (χ1v) is 6.82. The van der Waals surface area contributed by atoms with E-state index in [1.165, 1.54) is 0 Å². The van der Waals surface area contributed by atoms with Gasteiger partial charge in [-0.05, 0) is 31.4 Å². The lowest BCUT2D eigenvalue weighted by Gasteiger charge is -2.23. The maximum absolute atomic E-state index is 5.95. The second-order valence-corrected chi connectivity index (χ2v) is 4.98. The van der Waals surface area contributed by atoms with Gasteiger partial charge in [-0.25, -0.2) is 4.98 Å². The Hall–Kier alpha value is -2.00. The van der Waals surface area contributed by atoms with Gasteiger partial charge in [0, 0.05) is 23.9 Å². The van der Waals surface area contributed by atoms with Gasteiger partial charge in [0.05, 0.1) is 6.54 Å². The summed E-state index contributed by atoms with van der Waals surface area (Å²) in [5, 5.41) is 10.8. The summed E-state index contributed by atoms with van der Waals surface area (Å²) in [5.41, 5.74) is 2.34. The Morgan fingerprint density at radius 1 is 1.50 bits per heavy atom. The van der Waals surface area contributed by atoms with Crippen molar-refractivity contribution in [3.63, 3.8) is 0 Å². The highest BCUT2D eigenvalue weighted by Gasteiger charge is 2.19. The second kappa shape index (κ2) is 5.55. The highest BCUT2D eigenvalue weighted by Crippen LogP contribution is 2.25. The molecule has 5 nitrogen and oxygen atoms in total. The molecule has 0 amide bonds. The van der Waals surface area contributed by atoms with Crippen LogP contribution in [-0.4, -0.2) is 42.1 Å². The number of rotatable bonds is 3. The Morgan fingerprint density at radius 3 is 3.05 bits per heavy atom. The number of nitrogens with one attached hydrogen (secondary N) is 2. The molecule has 2 radical (unpaired) electrons. The molecule has 2 aromatic heterocycles. The molecule has 2 aromatic rings. The lowest BCUT2D eigenvalue weighted by molar-refractivity contribution is 0.453. The Bertz CT molecular complexity index is 651. The summed E-state index contributed by atoms with van der Waals surface area (Å²) < 4.78 is 1.71. The summed E-state index contributed by atoms with van der Waals surface area (Å²) >= 11 is 0. The van der Waals surface area contributed by atoms with Crippen LogP contribution in [0.2, 0.25) is 0 Å². The van der Waals surface area contributed by atoms with Crippen LogP contribution < -0.4 is 16.1 Å². The smallest absolute Gasteiger partial charge is 0.150 e. The summed E-state index contributed by atoms with van der Waals surface area (Å²) in [6, 6.07) is 2.03. The van der Waals surface area contributed by atoms with Crippen molar-refractivity contribution in [1.82, 2.24) is 19.9 Å². The van der Waals surface area contributed by atoms with Gasteiger partial charge in [0.25, 0.3) is 0 Å². The minimum atomic E-state index is 0.449. The van der Waals surface area contributed by atoms with Gasteiger partial charge in [0.2, 0.25) is 0 Å². The molecule has 0 saturated carbocycles. The predicted octanol–water partition coefficient (Wildman–Crippen LogP) is 0.0352. The molecule has 3 heterocycles. The van der Waals surface area contributed by atoms with Crippen LogP contribution in [0.25, 0.3) is 5.65 Å². The molecule has 0 spiro atoms. The maximum Gasteiger partial charge on any atom is 0.150 e. The lowest BCUT2D eigenvalue weighted by Crippen LogP contribution is -2.27. The van der Waals surface area contributed by atoms with Crippen LogP contribution in [0.3, 0.4) is 0 Å². The maximum atomic E-state index is 5.95. The monoisotopic (exact) mass is 265 g/mol. The standard InChI is InChI=1S/C14H16BN5/c1-2-5-17-13-8-12(10-3-6-16-7-4-10)19-14-11(15)9-18-20(13)14/h1,8-10,16-17H,3-7H2. The van der Waals surface area contributed by atoms with E-state index in [2.05, 4.69) is 26.6 Å². The Balaban J connectivity index is 2.03. The molecule has 0 aromatic carbocycles. The van der Waals surface area contributed by atoms with E-state index in [4.69, 9.17) is 14.3 Å². The fraction of sp³-hybridized carbons (Fsp3) is 0.429. The zero-order chi connectivity index (χ0) is 13.9. The highest BCUT2D eigenvalue weighted by molar-refractivity contribution is 6.36. The van der Waals surface area contributed by atoms with Gasteiger partial charge >= 0.3 is 0 Å². The predicted molar refractivity (Wildman–Crippen MR) is 80.5 cm³/mol. The van der Waals surface area contributed by atoms with Crippen LogP contribution in [0.1, 0.15) is 24.5 Å². The van der Waals surface area contributed by atoms with Gasteiger partial charge < -0.3 is 10.6 Å². The first-order chi connectivity index (χ1) is 9.79. The van der Waals surface area contributed by atoms with Crippen molar-refractivity contribution in [2.75, 3.05) is 25.0 Å². The molecule has 0 unspecified atom stereocenters. The third-order valence-electron chi connectivity index (χ3n) is 3.65. The number of fused-ring (bicyclic) bond motifs is 1. The summed E-state index contributed by atoms with van der Waals surface area (Å²) in [6.45, 7) is 2.50. The number of hydrogen-bond donors (Lipinski definition) is 2. The van der Waals surface area contributed by atoms with E-state index in [0.29, 0.717) is 23.6 Å². The summed E-state index contributed by atoms with van der Waals surface area (Å²) in [4.78, 5) is 4.68. The number of anilines is 1. The largest absolute Gasteiger partial charge is 0.359 e. The number of piperidine rings is 1. The van der Waals surface area contributed by atoms with Crippen molar-refractivity contribution in [3.8, 4) is 12.3 Å². The molecule has 1 aliphatic rings. The molecule has 3 rings (SSSR count). The van der Waals surface area contributed by atoms with E-state index in [1.807, 2.05) is 6.07 Å². The van der Waals surface area contributed by atoms with Gasteiger partial charge in [0.1, 0.15) is 19.3 Å². The van der Waals surface area contributed by atoms with E-state index >= 15 is 0 Å². The van der Waals surface area contributed by atoms with Gasteiger partial charge in [-0.1, -0.05) is 5.92 Å². The summed E-state index contributed by atoms with van der Waals surface area (Å²) in [6.07, 6.45) is 9.11. The zero-order valence-corrected chi connectivity index (χ0v) is 11.3. The third-order valence-corrected chi connectivity index (χ3v) is 3.65. The van der Waals surface area contributed by atoms with E-state index in [1.54, 1.807) is 10.7 Å². The summed E-state index contributed by atoms with van der Waals surface area (Å²) in [5.74, 6) is 3.88. The molecular weight excluding hydrogens is 249 g/mol. The zero-order valence-electron chi connectivity index (χ0n) is 11.3. The van der Waals surface area contributed by atoms with Crippen molar-refractivity contribution < 1.29 is 0 Å². The number of hydrogen-bond acceptors (Lipinski definition) is 4. The minimum absolute atomic E-state index is 0.449. The quantitative estimate of drug-likeness (QED) is 0.607. The van der Waals surface area contributed by atoms with Gasteiger partial charge in [-0.2, -0.15) is 9.61 Å². The van der Waals surface area contributed by atoms with E-state index in [9.17, 15) is 0 Å². The normalized spacial score (nSPS) is 16.1. The molecule has 0 bridgehead atoms. The molecule has 1 fully saturated rings.